The molecule has 1 amide bonds. The van der Waals surface area contributed by atoms with E-state index < -0.39 is 40.0 Å². The van der Waals surface area contributed by atoms with Crippen molar-refractivity contribution in [3.8, 4) is 0 Å². The van der Waals surface area contributed by atoms with Gasteiger partial charge in [-0.1, -0.05) is 150 Å². The summed E-state index contributed by atoms with van der Waals surface area (Å²) in [6, 6.07) is -1.14. The third-order valence-corrected chi connectivity index (χ3v) is 8.56. The number of amides is 1. The first-order chi connectivity index (χ1) is 18.9. The van der Waals surface area contributed by atoms with Crippen LogP contribution in [0.2, 0.25) is 0 Å². The molecule has 240 valence electrons. The van der Waals surface area contributed by atoms with E-state index in [-0.39, 0.29) is 0 Å². The minimum absolute atomic E-state index is 0.298. The van der Waals surface area contributed by atoms with Gasteiger partial charge in [0, 0.05) is 0 Å². The average molecular weight is 592 g/mol. The summed E-state index contributed by atoms with van der Waals surface area (Å²) in [5.41, 5.74) is 0. The maximum absolute atomic E-state index is 12.5. The van der Waals surface area contributed by atoms with Crippen LogP contribution in [-0.4, -0.2) is 53.1 Å². The Hall–Kier alpha value is -0.700. The average Bonchev–Trinajstić information content (AvgIpc) is 2.86. The molecule has 0 saturated carbocycles. The number of rotatable bonds is 28. The Kier molecular flexibility index (Phi) is 24.4. The Bertz CT molecular complexity index is 698. The van der Waals surface area contributed by atoms with Crippen LogP contribution in [0.5, 0.6) is 0 Å². The SMILES string of the molecule is CC(C)CCCCCCCCCCC[C@@H](O)[C@H](CS(=O)(=O)O)NC(=O)[C@H](O)CCCCCCCCCCC(C)C. The number of carbonyl (C=O) groups excluding carboxylic acids is 1. The van der Waals surface area contributed by atoms with Gasteiger partial charge in [-0.15, -0.1) is 0 Å². The van der Waals surface area contributed by atoms with Crippen LogP contribution in [-0.2, 0) is 14.9 Å². The van der Waals surface area contributed by atoms with E-state index in [0.29, 0.717) is 25.7 Å². The van der Waals surface area contributed by atoms with E-state index in [4.69, 9.17) is 0 Å². The zero-order chi connectivity index (χ0) is 30.2. The fourth-order valence-corrected chi connectivity index (χ4v) is 5.94. The first-order valence-corrected chi connectivity index (χ1v) is 18.1. The van der Waals surface area contributed by atoms with E-state index in [1.165, 1.54) is 70.6 Å². The molecule has 0 aliphatic heterocycles. The van der Waals surface area contributed by atoms with Gasteiger partial charge in [0.1, 0.15) is 6.10 Å². The highest BCUT2D eigenvalue weighted by Gasteiger charge is 2.28. The van der Waals surface area contributed by atoms with Gasteiger partial charge in [0.25, 0.3) is 10.1 Å². The van der Waals surface area contributed by atoms with Gasteiger partial charge in [-0.2, -0.15) is 8.42 Å². The monoisotopic (exact) mass is 591 g/mol. The van der Waals surface area contributed by atoms with Crippen molar-refractivity contribution in [2.24, 2.45) is 11.8 Å². The van der Waals surface area contributed by atoms with E-state index in [9.17, 15) is 28.0 Å². The Balaban J connectivity index is 4.14. The topological polar surface area (TPSA) is 124 Å². The molecule has 0 bridgehead atoms. The molecule has 40 heavy (non-hydrogen) atoms. The van der Waals surface area contributed by atoms with Crippen LogP contribution < -0.4 is 5.32 Å². The molecule has 0 rings (SSSR count). The Labute approximate surface area is 247 Å². The van der Waals surface area contributed by atoms with Crippen molar-refractivity contribution in [3.05, 3.63) is 0 Å². The highest BCUT2D eigenvalue weighted by Crippen LogP contribution is 2.16. The lowest BCUT2D eigenvalue weighted by Gasteiger charge is -2.24. The standard InChI is InChI=1S/C32H65NO6S/c1-27(2)22-18-14-10-6-5-7-12-16-20-24-30(34)29(26-40(37,38)39)33-32(36)31(35)25-21-17-13-9-8-11-15-19-23-28(3)4/h27-31,34-35H,5-26H2,1-4H3,(H,33,36)(H,37,38,39)/t29-,30+,31+/m0/s1. The van der Waals surface area contributed by atoms with Gasteiger partial charge in [-0.25, -0.2) is 0 Å². The van der Waals surface area contributed by atoms with Gasteiger partial charge in [0.2, 0.25) is 5.91 Å². The Morgan fingerprint density at radius 2 is 0.900 bits per heavy atom. The normalized spacial score (nSPS) is 14.5. The molecule has 0 aliphatic carbocycles. The van der Waals surface area contributed by atoms with E-state index >= 15 is 0 Å². The quantitative estimate of drug-likeness (QED) is 0.0549. The highest BCUT2D eigenvalue weighted by atomic mass is 32.2. The third kappa shape index (κ3) is 26.2. The number of carbonyl (C=O) groups is 1. The molecule has 0 unspecified atom stereocenters. The van der Waals surface area contributed by atoms with E-state index in [0.717, 1.165) is 50.4 Å². The smallest absolute Gasteiger partial charge is 0.266 e. The summed E-state index contributed by atoms with van der Waals surface area (Å²) >= 11 is 0. The summed E-state index contributed by atoms with van der Waals surface area (Å²) in [5, 5.41) is 23.3. The van der Waals surface area contributed by atoms with Gasteiger partial charge >= 0.3 is 0 Å². The number of nitrogens with one attached hydrogen (secondary N) is 1. The first kappa shape index (κ1) is 39.3. The minimum Gasteiger partial charge on any atom is -0.391 e. The molecule has 0 spiro atoms. The first-order valence-electron chi connectivity index (χ1n) is 16.5. The molecule has 0 radical (unpaired) electrons. The zero-order valence-electron chi connectivity index (χ0n) is 26.4. The Morgan fingerprint density at radius 1 is 0.575 bits per heavy atom. The van der Waals surface area contributed by atoms with Crippen molar-refractivity contribution >= 4 is 16.0 Å². The van der Waals surface area contributed by atoms with Crippen LogP contribution in [0.25, 0.3) is 0 Å². The van der Waals surface area contributed by atoms with E-state index in [1.54, 1.807) is 0 Å². The van der Waals surface area contributed by atoms with Gasteiger partial charge in [-0.3, -0.25) is 9.35 Å². The predicted molar refractivity (Wildman–Crippen MR) is 167 cm³/mol. The number of unbranched alkanes of at least 4 members (excludes halogenated alkanes) is 15. The molecular weight excluding hydrogens is 526 g/mol. The summed E-state index contributed by atoms with van der Waals surface area (Å²) in [6.07, 6.45) is 20.0. The van der Waals surface area contributed by atoms with Gasteiger partial charge in [0.05, 0.1) is 17.9 Å². The molecular formula is C32H65NO6S. The number of hydrogen-bond acceptors (Lipinski definition) is 5. The van der Waals surface area contributed by atoms with Crippen molar-refractivity contribution in [1.82, 2.24) is 5.32 Å². The molecule has 7 nitrogen and oxygen atoms in total. The van der Waals surface area contributed by atoms with E-state index in [1.807, 2.05) is 0 Å². The van der Waals surface area contributed by atoms with Crippen molar-refractivity contribution in [1.29, 1.82) is 0 Å². The molecule has 0 fully saturated rings. The molecule has 3 atom stereocenters. The summed E-state index contributed by atoms with van der Waals surface area (Å²) in [5.74, 6) is 0.102. The fourth-order valence-electron chi connectivity index (χ4n) is 5.18. The fraction of sp³-hybridized carbons (Fsp3) is 0.969. The second kappa shape index (κ2) is 24.9. The van der Waals surface area contributed by atoms with Gasteiger partial charge < -0.3 is 15.5 Å². The maximum atomic E-state index is 12.5. The molecule has 0 aromatic rings. The molecule has 0 aliphatic rings. The number of aliphatic hydroxyl groups excluding tert-OH is 2. The Morgan fingerprint density at radius 3 is 1.25 bits per heavy atom. The number of aliphatic hydroxyl groups is 2. The van der Waals surface area contributed by atoms with Crippen LogP contribution in [0.15, 0.2) is 0 Å². The van der Waals surface area contributed by atoms with Crippen molar-refractivity contribution in [2.75, 3.05) is 5.75 Å². The van der Waals surface area contributed by atoms with Crippen LogP contribution >= 0.6 is 0 Å². The lowest BCUT2D eigenvalue weighted by molar-refractivity contribution is -0.131. The molecule has 0 aromatic carbocycles. The number of hydrogen-bond donors (Lipinski definition) is 4. The summed E-state index contributed by atoms with van der Waals surface area (Å²) in [4.78, 5) is 12.5. The second-order valence-corrected chi connectivity index (χ2v) is 14.4. The van der Waals surface area contributed by atoms with Crippen LogP contribution in [0.3, 0.4) is 0 Å². The molecule has 0 heterocycles. The van der Waals surface area contributed by atoms with Gasteiger partial charge in [0.15, 0.2) is 0 Å². The van der Waals surface area contributed by atoms with Crippen LogP contribution in [0.4, 0.5) is 0 Å². The van der Waals surface area contributed by atoms with Crippen molar-refractivity contribution in [2.45, 2.75) is 181 Å². The summed E-state index contributed by atoms with van der Waals surface area (Å²) in [6.45, 7) is 9.04. The van der Waals surface area contributed by atoms with Crippen molar-refractivity contribution in [3.63, 3.8) is 0 Å². The van der Waals surface area contributed by atoms with Crippen LogP contribution in [0.1, 0.15) is 163 Å². The lowest BCUT2D eigenvalue weighted by Crippen LogP contribution is -2.50. The molecule has 0 aromatic heterocycles. The van der Waals surface area contributed by atoms with Crippen LogP contribution in [0, 0.1) is 11.8 Å². The lowest BCUT2D eigenvalue weighted by atomic mass is 10.0. The highest BCUT2D eigenvalue weighted by molar-refractivity contribution is 7.85. The largest absolute Gasteiger partial charge is 0.391 e. The maximum Gasteiger partial charge on any atom is 0.266 e. The third-order valence-electron chi connectivity index (χ3n) is 7.78. The molecule has 8 heteroatoms. The minimum atomic E-state index is -4.39. The van der Waals surface area contributed by atoms with Crippen molar-refractivity contribution < 1.29 is 28.0 Å². The molecule has 4 N–H and O–H groups in total. The van der Waals surface area contributed by atoms with Gasteiger partial charge in [-0.05, 0) is 24.7 Å². The second-order valence-electron chi connectivity index (χ2n) is 12.9. The van der Waals surface area contributed by atoms with E-state index in [2.05, 4.69) is 33.0 Å². The predicted octanol–water partition coefficient (Wildman–Crippen LogP) is 7.58. The summed E-state index contributed by atoms with van der Waals surface area (Å²) in [7, 11) is -4.39. The summed E-state index contributed by atoms with van der Waals surface area (Å²) < 4.78 is 32.3. The molecule has 0 saturated heterocycles. The zero-order valence-corrected chi connectivity index (χ0v) is 27.2.